The monoisotopic (exact) mass is 380 g/mol. The number of fused-ring (bicyclic) bond motifs is 1. The Morgan fingerprint density at radius 3 is 2.70 bits per heavy atom. The lowest BCUT2D eigenvalue weighted by Gasteiger charge is -2.36. The fourth-order valence-electron chi connectivity index (χ4n) is 4.15. The van der Waals surface area contributed by atoms with E-state index in [2.05, 4.69) is 50.5 Å². The number of ether oxygens (including phenoxy) is 1. The number of hydrogen-bond acceptors (Lipinski definition) is 6. The van der Waals surface area contributed by atoms with Gasteiger partial charge in [0.1, 0.15) is 17.0 Å². The van der Waals surface area contributed by atoms with Crippen LogP contribution in [0.4, 0.5) is 5.82 Å². The average Bonchev–Trinajstić information content (AvgIpc) is 3.39. The normalized spacial score (nSPS) is 21.2. The van der Waals surface area contributed by atoms with Crippen LogP contribution in [0.2, 0.25) is 0 Å². The molecule has 0 N–H and O–H groups in total. The van der Waals surface area contributed by atoms with Crippen molar-refractivity contribution in [2.24, 2.45) is 0 Å². The maximum atomic E-state index is 5.80. The molecule has 27 heavy (non-hydrogen) atoms. The Bertz CT molecular complexity index is 899. The quantitative estimate of drug-likeness (QED) is 0.691. The minimum absolute atomic E-state index is 0.434. The molecule has 0 saturated carbocycles. The molecule has 0 spiro atoms. The van der Waals surface area contributed by atoms with Crippen molar-refractivity contribution >= 4 is 27.4 Å². The van der Waals surface area contributed by atoms with E-state index in [0.717, 1.165) is 50.0 Å². The van der Waals surface area contributed by atoms with E-state index in [1.54, 1.807) is 17.7 Å². The Balaban J connectivity index is 1.38. The molecule has 0 unspecified atom stereocenters. The molecule has 0 radical (unpaired) electrons. The molecule has 0 aliphatic carbocycles. The lowest BCUT2D eigenvalue weighted by Crippen LogP contribution is -2.48. The van der Waals surface area contributed by atoms with Crippen LogP contribution >= 0.6 is 11.3 Å². The topological polar surface area (TPSA) is 41.5 Å². The number of benzene rings is 1. The highest BCUT2D eigenvalue weighted by atomic mass is 32.1. The molecule has 0 bridgehead atoms. The second-order valence-electron chi connectivity index (χ2n) is 7.32. The molecular weight excluding hydrogens is 356 g/mol. The highest BCUT2D eigenvalue weighted by Gasteiger charge is 2.25. The van der Waals surface area contributed by atoms with Gasteiger partial charge in [0.15, 0.2) is 0 Å². The van der Waals surface area contributed by atoms with E-state index in [1.165, 1.54) is 29.4 Å². The van der Waals surface area contributed by atoms with Gasteiger partial charge in [-0.25, -0.2) is 9.97 Å². The summed E-state index contributed by atoms with van der Waals surface area (Å²) in [5.74, 6) is 1.08. The zero-order chi connectivity index (χ0) is 18.1. The van der Waals surface area contributed by atoms with Crippen LogP contribution in [0.25, 0.3) is 21.3 Å². The fourth-order valence-corrected chi connectivity index (χ4v) is 5.06. The number of anilines is 1. The molecule has 140 valence electrons. The average molecular weight is 381 g/mol. The third-order valence-corrected chi connectivity index (χ3v) is 6.48. The molecule has 0 amide bonds. The first-order chi connectivity index (χ1) is 13.4. The molecule has 2 saturated heterocycles. The highest BCUT2D eigenvalue weighted by Crippen LogP contribution is 2.37. The van der Waals surface area contributed by atoms with Crippen molar-refractivity contribution in [3.63, 3.8) is 0 Å². The summed E-state index contributed by atoms with van der Waals surface area (Å²) in [6.07, 6.45) is 4.57. The lowest BCUT2D eigenvalue weighted by atomic mass is 10.1. The molecule has 5 nitrogen and oxygen atoms in total. The summed E-state index contributed by atoms with van der Waals surface area (Å²) in [4.78, 5) is 15.2. The molecule has 3 aromatic rings. The number of hydrogen-bond donors (Lipinski definition) is 0. The molecule has 2 fully saturated rings. The number of aromatic nitrogens is 2. The Morgan fingerprint density at radius 2 is 1.93 bits per heavy atom. The van der Waals surface area contributed by atoms with Crippen molar-refractivity contribution in [1.82, 2.24) is 14.9 Å². The molecule has 1 aromatic carbocycles. The van der Waals surface area contributed by atoms with Crippen LogP contribution in [-0.4, -0.2) is 60.3 Å². The van der Waals surface area contributed by atoms with Crippen LogP contribution in [0, 0.1) is 0 Å². The molecule has 4 heterocycles. The number of nitrogens with zero attached hydrogens (tertiary/aromatic N) is 4. The molecule has 1 atom stereocenters. The second kappa shape index (κ2) is 7.54. The van der Waals surface area contributed by atoms with Gasteiger partial charge in [-0.15, -0.1) is 11.3 Å². The number of rotatable bonds is 4. The van der Waals surface area contributed by atoms with Crippen LogP contribution in [0.1, 0.15) is 12.8 Å². The van der Waals surface area contributed by atoms with Crippen molar-refractivity contribution in [1.29, 1.82) is 0 Å². The predicted octanol–water partition coefficient (Wildman–Crippen LogP) is 3.66. The van der Waals surface area contributed by atoms with Crippen molar-refractivity contribution in [2.45, 2.75) is 18.9 Å². The van der Waals surface area contributed by atoms with Gasteiger partial charge in [0, 0.05) is 50.3 Å². The van der Waals surface area contributed by atoms with Crippen LogP contribution in [-0.2, 0) is 4.74 Å². The van der Waals surface area contributed by atoms with Gasteiger partial charge in [0.2, 0.25) is 0 Å². The first kappa shape index (κ1) is 17.1. The van der Waals surface area contributed by atoms with Crippen molar-refractivity contribution in [3.05, 3.63) is 42.0 Å². The maximum absolute atomic E-state index is 5.80. The summed E-state index contributed by atoms with van der Waals surface area (Å²) in [6.45, 7) is 6.14. The zero-order valence-corrected chi connectivity index (χ0v) is 16.2. The number of piperazine rings is 1. The third kappa shape index (κ3) is 3.45. The van der Waals surface area contributed by atoms with E-state index in [1.807, 2.05) is 0 Å². The Morgan fingerprint density at radius 1 is 1.07 bits per heavy atom. The van der Waals surface area contributed by atoms with Crippen molar-refractivity contribution in [3.8, 4) is 11.1 Å². The second-order valence-corrected chi connectivity index (χ2v) is 8.17. The summed E-state index contributed by atoms with van der Waals surface area (Å²) in [7, 11) is 0. The van der Waals surface area contributed by atoms with Gasteiger partial charge in [0.05, 0.1) is 11.5 Å². The summed E-state index contributed by atoms with van der Waals surface area (Å²) in [6, 6.07) is 10.6. The number of thiophene rings is 1. The highest BCUT2D eigenvalue weighted by molar-refractivity contribution is 7.17. The largest absolute Gasteiger partial charge is 0.377 e. The minimum Gasteiger partial charge on any atom is -0.377 e. The summed E-state index contributed by atoms with van der Waals surface area (Å²) >= 11 is 1.70. The van der Waals surface area contributed by atoms with E-state index in [-0.39, 0.29) is 0 Å². The molecule has 2 aliphatic heterocycles. The van der Waals surface area contributed by atoms with Crippen LogP contribution in [0.15, 0.2) is 42.0 Å². The summed E-state index contributed by atoms with van der Waals surface area (Å²) in [5.41, 5.74) is 2.48. The standard InChI is InChI=1S/C21H24N4OS/c1-2-5-16(6-3-1)18-14-27-21-19(18)20(22-15-23-21)25-10-8-24(9-11-25)13-17-7-4-12-26-17/h1-3,5-6,14-15,17H,4,7-13H2/t17-/m1/s1. The van der Waals surface area contributed by atoms with E-state index in [9.17, 15) is 0 Å². The van der Waals surface area contributed by atoms with E-state index >= 15 is 0 Å². The van der Waals surface area contributed by atoms with Gasteiger partial charge in [0.25, 0.3) is 0 Å². The minimum atomic E-state index is 0.434. The summed E-state index contributed by atoms with van der Waals surface area (Å²) < 4.78 is 5.80. The molecule has 6 heteroatoms. The Labute approximate surface area is 163 Å². The molecular formula is C21H24N4OS. The maximum Gasteiger partial charge on any atom is 0.141 e. The lowest BCUT2D eigenvalue weighted by molar-refractivity contribution is 0.0712. The molecule has 2 aromatic heterocycles. The van der Waals surface area contributed by atoms with Gasteiger partial charge >= 0.3 is 0 Å². The van der Waals surface area contributed by atoms with E-state index < -0.39 is 0 Å². The van der Waals surface area contributed by atoms with Crippen LogP contribution in [0.5, 0.6) is 0 Å². The van der Waals surface area contributed by atoms with Crippen molar-refractivity contribution < 1.29 is 4.74 Å². The van der Waals surface area contributed by atoms with Crippen LogP contribution < -0.4 is 4.90 Å². The molecule has 5 rings (SSSR count). The third-order valence-electron chi connectivity index (χ3n) is 5.59. The van der Waals surface area contributed by atoms with Crippen LogP contribution in [0.3, 0.4) is 0 Å². The van der Waals surface area contributed by atoms with E-state index in [4.69, 9.17) is 9.72 Å². The first-order valence-corrected chi connectivity index (χ1v) is 10.6. The smallest absolute Gasteiger partial charge is 0.141 e. The van der Waals surface area contributed by atoms with Gasteiger partial charge in [-0.05, 0) is 18.4 Å². The predicted molar refractivity (Wildman–Crippen MR) is 110 cm³/mol. The van der Waals surface area contributed by atoms with E-state index in [0.29, 0.717) is 6.10 Å². The van der Waals surface area contributed by atoms with Gasteiger partial charge in [-0.3, -0.25) is 4.90 Å². The van der Waals surface area contributed by atoms with Gasteiger partial charge in [-0.2, -0.15) is 0 Å². The van der Waals surface area contributed by atoms with Crippen molar-refractivity contribution in [2.75, 3.05) is 44.2 Å². The molecule has 2 aliphatic rings. The van der Waals surface area contributed by atoms with Gasteiger partial charge < -0.3 is 9.64 Å². The Kier molecular flexibility index (Phi) is 4.78. The van der Waals surface area contributed by atoms with Gasteiger partial charge in [-0.1, -0.05) is 30.3 Å². The summed E-state index contributed by atoms with van der Waals surface area (Å²) in [5, 5.41) is 3.41. The SMILES string of the molecule is c1ccc(-c2csc3ncnc(N4CCN(C[C@H]5CCCO5)CC4)c23)cc1. The zero-order valence-electron chi connectivity index (χ0n) is 15.4. The Hall–Kier alpha value is -2.02. The first-order valence-electron chi connectivity index (χ1n) is 9.75. The fraction of sp³-hybridized carbons (Fsp3) is 0.429.